The Hall–Kier alpha value is -1.17. The maximum atomic E-state index is 13.5. The summed E-state index contributed by atoms with van der Waals surface area (Å²) in [6.07, 6.45) is 4.06. The Bertz CT molecular complexity index is 479. The van der Waals surface area contributed by atoms with Crippen LogP contribution in [0.4, 0.5) is 10.1 Å². The summed E-state index contributed by atoms with van der Waals surface area (Å²) in [7, 11) is 1.99. The topological polar surface area (TPSA) is 44.4 Å². The maximum absolute atomic E-state index is 13.5. The Balaban J connectivity index is 0.00000264. The molecule has 1 heterocycles. The zero-order valence-electron chi connectivity index (χ0n) is 13.7. The molecular weight excluding hydrogens is 317 g/mol. The molecular formula is C17H27ClFN3O. The van der Waals surface area contributed by atoms with Crippen LogP contribution in [0.25, 0.3) is 0 Å². The van der Waals surface area contributed by atoms with Crippen molar-refractivity contribution in [2.75, 3.05) is 38.5 Å². The van der Waals surface area contributed by atoms with Gasteiger partial charge in [0.15, 0.2) is 0 Å². The van der Waals surface area contributed by atoms with Gasteiger partial charge in [0.05, 0.1) is 5.69 Å². The van der Waals surface area contributed by atoms with Gasteiger partial charge in [-0.1, -0.05) is 12.1 Å². The number of likely N-dealkylation sites (tertiary alicyclic amines) is 1. The van der Waals surface area contributed by atoms with Crippen molar-refractivity contribution in [3.8, 4) is 0 Å². The lowest BCUT2D eigenvalue weighted by Crippen LogP contribution is -2.36. The molecule has 1 aromatic carbocycles. The number of hydrogen-bond acceptors (Lipinski definition) is 3. The highest BCUT2D eigenvalue weighted by Gasteiger charge is 2.19. The molecule has 2 rings (SSSR count). The van der Waals surface area contributed by atoms with Gasteiger partial charge in [0.1, 0.15) is 5.82 Å². The largest absolute Gasteiger partial charge is 0.324 e. The molecule has 1 aliphatic heterocycles. The third-order valence-corrected chi connectivity index (χ3v) is 4.31. The van der Waals surface area contributed by atoms with Crippen LogP contribution in [-0.4, -0.2) is 44.0 Å². The first-order valence-electron chi connectivity index (χ1n) is 8.10. The third kappa shape index (κ3) is 6.85. The van der Waals surface area contributed by atoms with Crippen LogP contribution in [0.3, 0.4) is 0 Å². The Morgan fingerprint density at radius 2 is 2.00 bits per heavy atom. The Kier molecular flexibility index (Phi) is 9.14. The van der Waals surface area contributed by atoms with Crippen LogP contribution in [0.5, 0.6) is 0 Å². The van der Waals surface area contributed by atoms with Gasteiger partial charge in [-0.2, -0.15) is 0 Å². The summed E-state index contributed by atoms with van der Waals surface area (Å²) in [6.45, 7) is 3.94. The molecule has 0 bridgehead atoms. The van der Waals surface area contributed by atoms with E-state index >= 15 is 0 Å². The van der Waals surface area contributed by atoms with E-state index in [0.717, 1.165) is 32.1 Å². The number of piperidine rings is 1. The van der Waals surface area contributed by atoms with E-state index in [1.54, 1.807) is 18.2 Å². The van der Waals surface area contributed by atoms with Crippen molar-refractivity contribution < 1.29 is 9.18 Å². The van der Waals surface area contributed by atoms with Gasteiger partial charge in [-0.25, -0.2) is 4.39 Å². The van der Waals surface area contributed by atoms with E-state index < -0.39 is 0 Å². The lowest BCUT2D eigenvalue weighted by Gasteiger charge is -2.31. The second kappa shape index (κ2) is 10.6. The van der Waals surface area contributed by atoms with Gasteiger partial charge in [0.25, 0.3) is 0 Å². The minimum atomic E-state index is -0.388. The second-order valence-electron chi connectivity index (χ2n) is 5.96. The van der Waals surface area contributed by atoms with Crippen molar-refractivity contribution in [3.05, 3.63) is 30.1 Å². The van der Waals surface area contributed by atoms with E-state index in [1.165, 1.54) is 25.3 Å². The summed E-state index contributed by atoms with van der Waals surface area (Å²) in [5.74, 6) is 0.291. The van der Waals surface area contributed by atoms with Gasteiger partial charge in [-0.05, 0) is 64.0 Å². The Morgan fingerprint density at radius 1 is 1.30 bits per heavy atom. The van der Waals surface area contributed by atoms with E-state index in [2.05, 4.69) is 15.5 Å². The molecule has 1 fully saturated rings. The average Bonchev–Trinajstić information content (AvgIpc) is 2.54. The van der Waals surface area contributed by atoms with Gasteiger partial charge in [-0.3, -0.25) is 4.79 Å². The van der Waals surface area contributed by atoms with Gasteiger partial charge >= 0.3 is 0 Å². The van der Waals surface area contributed by atoms with E-state index in [9.17, 15) is 9.18 Å². The highest BCUT2D eigenvalue weighted by Crippen LogP contribution is 2.20. The molecule has 4 nitrogen and oxygen atoms in total. The van der Waals surface area contributed by atoms with Gasteiger partial charge in [0, 0.05) is 13.0 Å². The lowest BCUT2D eigenvalue weighted by molar-refractivity contribution is -0.116. The molecule has 1 saturated heterocycles. The summed E-state index contributed by atoms with van der Waals surface area (Å²) < 4.78 is 13.5. The van der Waals surface area contributed by atoms with Crippen molar-refractivity contribution in [2.45, 2.75) is 25.7 Å². The zero-order chi connectivity index (χ0) is 15.8. The highest BCUT2D eigenvalue weighted by molar-refractivity contribution is 5.90. The first-order valence-corrected chi connectivity index (χ1v) is 8.10. The second-order valence-corrected chi connectivity index (χ2v) is 5.96. The normalized spacial score (nSPS) is 15.9. The monoisotopic (exact) mass is 343 g/mol. The number of para-hydroxylation sites is 1. The van der Waals surface area contributed by atoms with Crippen LogP contribution in [0, 0.1) is 11.7 Å². The summed E-state index contributed by atoms with van der Waals surface area (Å²) in [6, 6.07) is 6.27. The highest BCUT2D eigenvalue weighted by atomic mass is 35.5. The number of nitrogens with zero attached hydrogens (tertiary/aromatic N) is 1. The molecule has 2 N–H and O–H groups in total. The Morgan fingerprint density at radius 3 is 2.65 bits per heavy atom. The molecule has 1 aliphatic rings. The number of halogens is 2. The van der Waals surface area contributed by atoms with Gasteiger partial charge < -0.3 is 15.5 Å². The van der Waals surface area contributed by atoms with Crippen molar-refractivity contribution >= 4 is 24.0 Å². The molecule has 6 heteroatoms. The third-order valence-electron chi connectivity index (χ3n) is 4.31. The number of carbonyl (C=O) groups excluding carboxylic acids is 1. The van der Waals surface area contributed by atoms with Crippen molar-refractivity contribution in [3.63, 3.8) is 0 Å². The number of carbonyl (C=O) groups is 1. The molecule has 0 aromatic heterocycles. The number of benzene rings is 1. The standard InChI is InChI=1S/C17H26FN3O.ClH/c1-19-10-6-14-7-11-21(12-8-14)13-9-17(22)20-16-5-3-2-4-15(16)18;/h2-5,14,19H,6-13H2,1H3,(H,20,22);1H. The minimum Gasteiger partial charge on any atom is -0.324 e. The lowest BCUT2D eigenvalue weighted by atomic mass is 9.93. The molecule has 1 aromatic rings. The van der Waals surface area contributed by atoms with Crippen molar-refractivity contribution in [2.24, 2.45) is 5.92 Å². The van der Waals surface area contributed by atoms with Crippen LogP contribution in [-0.2, 0) is 4.79 Å². The van der Waals surface area contributed by atoms with Crippen molar-refractivity contribution in [1.29, 1.82) is 0 Å². The number of nitrogens with one attached hydrogen (secondary N) is 2. The molecule has 0 unspecified atom stereocenters. The number of amides is 1. The average molecular weight is 344 g/mol. The number of rotatable bonds is 7. The van der Waals surface area contributed by atoms with Crippen LogP contribution >= 0.6 is 12.4 Å². The van der Waals surface area contributed by atoms with E-state index in [-0.39, 0.29) is 29.8 Å². The molecule has 0 radical (unpaired) electrons. The summed E-state index contributed by atoms with van der Waals surface area (Å²) in [4.78, 5) is 14.2. The fourth-order valence-electron chi connectivity index (χ4n) is 2.88. The molecule has 0 saturated carbocycles. The predicted octanol–water partition coefficient (Wildman–Crippen LogP) is 2.90. The van der Waals surface area contributed by atoms with E-state index in [4.69, 9.17) is 0 Å². The van der Waals surface area contributed by atoms with Crippen molar-refractivity contribution in [1.82, 2.24) is 10.2 Å². The quantitative estimate of drug-likeness (QED) is 0.800. The maximum Gasteiger partial charge on any atom is 0.225 e. The fourth-order valence-corrected chi connectivity index (χ4v) is 2.88. The van der Waals surface area contributed by atoms with Crippen LogP contribution in [0.1, 0.15) is 25.7 Å². The smallest absolute Gasteiger partial charge is 0.225 e. The first-order chi connectivity index (χ1) is 10.7. The predicted molar refractivity (Wildman–Crippen MR) is 94.6 cm³/mol. The van der Waals surface area contributed by atoms with Crippen LogP contribution in [0.2, 0.25) is 0 Å². The molecule has 0 aliphatic carbocycles. The van der Waals surface area contributed by atoms with Gasteiger partial charge in [0.2, 0.25) is 5.91 Å². The summed E-state index contributed by atoms with van der Waals surface area (Å²) >= 11 is 0. The zero-order valence-corrected chi connectivity index (χ0v) is 14.5. The van der Waals surface area contributed by atoms with E-state index in [1.807, 2.05) is 7.05 Å². The SMILES string of the molecule is CNCCC1CCN(CCC(=O)Nc2ccccc2F)CC1.Cl. The molecule has 0 spiro atoms. The minimum absolute atomic E-state index is 0. The molecule has 130 valence electrons. The number of hydrogen-bond donors (Lipinski definition) is 2. The molecule has 23 heavy (non-hydrogen) atoms. The summed E-state index contributed by atoms with van der Waals surface area (Å²) in [5, 5.41) is 5.83. The van der Waals surface area contributed by atoms with Crippen LogP contribution < -0.4 is 10.6 Å². The van der Waals surface area contributed by atoms with Crippen LogP contribution in [0.15, 0.2) is 24.3 Å². The number of anilines is 1. The van der Waals surface area contributed by atoms with E-state index in [0.29, 0.717) is 6.42 Å². The Labute approximate surface area is 144 Å². The molecule has 0 atom stereocenters. The van der Waals surface area contributed by atoms with Gasteiger partial charge in [-0.15, -0.1) is 12.4 Å². The molecule has 1 amide bonds. The first kappa shape index (κ1) is 19.9. The summed E-state index contributed by atoms with van der Waals surface area (Å²) in [5.41, 5.74) is 0.262. The fraction of sp³-hybridized carbons (Fsp3) is 0.588.